The van der Waals surface area contributed by atoms with Crippen molar-refractivity contribution in [3.8, 4) is 5.75 Å². The van der Waals surface area contributed by atoms with Gasteiger partial charge in [-0.05, 0) is 66.0 Å². The first-order valence-electron chi connectivity index (χ1n) is 7.17. The molecular weight excluding hydrogens is 346 g/mol. The molecule has 1 heterocycles. The second-order valence-electron chi connectivity index (χ2n) is 5.21. The van der Waals surface area contributed by atoms with Crippen LogP contribution < -0.4 is 10.1 Å². The molecule has 4 nitrogen and oxygen atoms in total. The molecule has 1 unspecified atom stereocenters. The van der Waals surface area contributed by atoms with Crippen molar-refractivity contribution in [2.24, 2.45) is 0 Å². The van der Waals surface area contributed by atoms with E-state index in [9.17, 15) is 4.79 Å². The minimum atomic E-state index is -0.121. The number of hydrogen-bond acceptors (Lipinski definition) is 3. The summed E-state index contributed by atoms with van der Waals surface area (Å²) < 4.78 is 11.6. The Morgan fingerprint density at radius 1 is 1.36 bits per heavy atom. The Labute approximate surface area is 139 Å². The number of carbonyl (C=O) groups excluding carboxylic acids is 1. The lowest BCUT2D eigenvalue weighted by atomic mass is 10.1. The second-order valence-corrected chi connectivity index (χ2v) is 6.06. The number of rotatable bonds is 6. The monoisotopic (exact) mass is 365 g/mol. The Hall–Kier alpha value is -1.75. The second kappa shape index (κ2) is 7.49. The maximum absolute atomic E-state index is 12.0. The van der Waals surface area contributed by atoms with Crippen LogP contribution in [0.4, 0.5) is 0 Å². The highest BCUT2D eigenvalue weighted by molar-refractivity contribution is 9.10. The third-order valence-electron chi connectivity index (χ3n) is 3.42. The van der Waals surface area contributed by atoms with Crippen molar-refractivity contribution in [3.05, 3.63) is 51.9 Å². The van der Waals surface area contributed by atoms with Crippen molar-refractivity contribution >= 4 is 21.8 Å². The van der Waals surface area contributed by atoms with Gasteiger partial charge in [0.1, 0.15) is 17.3 Å². The summed E-state index contributed by atoms with van der Waals surface area (Å²) in [5.74, 6) is 2.42. The number of nitrogens with one attached hydrogen (secondary N) is 1. The van der Waals surface area contributed by atoms with Gasteiger partial charge in [0.15, 0.2) is 0 Å². The quantitative estimate of drug-likeness (QED) is 0.835. The zero-order valence-electron chi connectivity index (χ0n) is 13.0. The molecule has 0 aliphatic rings. The van der Waals surface area contributed by atoms with Crippen molar-refractivity contribution < 1.29 is 13.9 Å². The first-order chi connectivity index (χ1) is 10.5. The normalized spacial score (nSPS) is 12.0. The number of benzene rings is 1. The number of amides is 1. The van der Waals surface area contributed by atoms with E-state index in [0.29, 0.717) is 12.8 Å². The summed E-state index contributed by atoms with van der Waals surface area (Å²) in [5, 5.41) is 2.95. The van der Waals surface area contributed by atoms with Gasteiger partial charge < -0.3 is 14.5 Å². The Kier molecular flexibility index (Phi) is 5.66. The molecule has 2 aromatic rings. The standard InChI is InChI=1S/C17H20BrNO3/c1-11-4-7-15(22-11)12(2)19-17(20)9-6-13-5-8-16(21-3)14(18)10-13/h4-5,7-8,10,12H,6,9H2,1-3H3,(H,19,20). The zero-order valence-corrected chi connectivity index (χ0v) is 14.6. The van der Waals surface area contributed by atoms with Gasteiger partial charge in [-0.1, -0.05) is 6.07 Å². The fourth-order valence-corrected chi connectivity index (χ4v) is 2.78. The van der Waals surface area contributed by atoms with E-state index in [2.05, 4.69) is 21.2 Å². The molecule has 22 heavy (non-hydrogen) atoms. The van der Waals surface area contributed by atoms with E-state index < -0.39 is 0 Å². The molecule has 5 heteroatoms. The highest BCUT2D eigenvalue weighted by Crippen LogP contribution is 2.26. The van der Waals surface area contributed by atoms with Gasteiger partial charge in [0.25, 0.3) is 0 Å². The third-order valence-corrected chi connectivity index (χ3v) is 4.04. The molecule has 1 N–H and O–H groups in total. The number of hydrogen-bond donors (Lipinski definition) is 1. The minimum Gasteiger partial charge on any atom is -0.496 e. The van der Waals surface area contributed by atoms with Crippen LogP contribution in [0.15, 0.2) is 39.2 Å². The third kappa shape index (κ3) is 4.37. The fraction of sp³-hybridized carbons (Fsp3) is 0.353. The largest absolute Gasteiger partial charge is 0.496 e. The van der Waals surface area contributed by atoms with Gasteiger partial charge in [-0.2, -0.15) is 0 Å². The van der Waals surface area contributed by atoms with E-state index in [1.807, 2.05) is 44.2 Å². The molecule has 0 radical (unpaired) electrons. The predicted molar refractivity (Wildman–Crippen MR) is 89.0 cm³/mol. The number of aryl methyl sites for hydroxylation is 2. The first kappa shape index (κ1) is 16.6. The van der Waals surface area contributed by atoms with Crippen LogP contribution in [0.5, 0.6) is 5.75 Å². The number of halogens is 1. The Morgan fingerprint density at radius 2 is 2.14 bits per heavy atom. The molecule has 1 atom stereocenters. The predicted octanol–water partition coefficient (Wildman–Crippen LogP) is 4.17. The average molecular weight is 366 g/mol. The summed E-state index contributed by atoms with van der Waals surface area (Å²) in [7, 11) is 1.63. The maximum Gasteiger partial charge on any atom is 0.220 e. The fourth-order valence-electron chi connectivity index (χ4n) is 2.19. The van der Waals surface area contributed by atoms with Crippen molar-refractivity contribution in [2.45, 2.75) is 32.7 Å². The molecule has 0 aliphatic carbocycles. The van der Waals surface area contributed by atoms with E-state index in [4.69, 9.17) is 9.15 Å². The molecule has 1 aromatic heterocycles. The lowest BCUT2D eigenvalue weighted by Gasteiger charge is -2.12. The van der Waals surface area contributed by atoms with Gasteiger partial charge in [0.05, 0.1) is 17.6 Å². The van der Waals surface area contributed by atoms with Crippen LogP contribution in [0.2, 0.25) is 0 Å². The van der Waals surface area contributed by atoms with Crippen molar-refractivity contribution in [1.82, 2.24) is 5.32 Å². The van der Waals surface area contributed by atoms with Crippen LogP contribution in [-0.4, -0.2) is 13.0 Å². The lowest BCUT2D eigenvalue weighted by molar-refractivity contribution is -0.121. The average Bonchev–Trinajstić information content (AvgIpc) is 2.92. The zero-order chi connectivity index (χ0) is 16.1. The van der Waals surface area contributed by atoms with Crippen molar-refractivity contribution in [2.75, 3.05) is 7.11 Å². The molecule has 0 aliphatic heterocycles. The summed E-state index contributed by atoms with van der Waals surface area (Å²) >= 11 is 3.45. The van der Waals surface area contributed by atoms with Gasteiger partial charge in [0, 0.05) is 6.42 Å². The highest BCUT2D eigenvalue weighted by Gasteiger charge is 2.13. The molecule has 0 bridgehead atoms. The van der Waals surface area contributed by atoms with Gasteiger partial charge in [-0.25, -0.2) is 0 Å². The molecule has 1 aromatic carbocycles. The number of carbonyl (C=O) groups is 1. The van der Waals surface area contributed by atoms with E-state index in [0.717, 1.165) is 27.3 Å². The van der Waals surface area contributed by atoms with Crippen LogP contribution in [0.1, 0.15) is 36.5 Å². The molecule has 0 spiro atoms. The SMILES string of the molecule is COc1ccc(CCC(=O)NC(C)c2ccc(C)o2)cc1Br. The smallest absolute Gasteiger partial charge is 0.220 e. The van der Waals surface area contributed by atoms with E-state index in [1.165, 1.54) is 0 Å². The van der Waals surface area contributed by atoms with Crippen molar-refractivity contribution in [3.63, 3.8) is 0 Å². The highest BCUT2D eigenvalue weighted by atomic mass is 79.9. The van der Waals surface area contributed by atoms with Gasteiger partial charge >= 0.3 is 0 Å². The van der Waals surface area contributed by atoms with E-state index in [1.54, 1.807) is 7.11 Å². The first-order valence-corrected chi connectivity index (χ1v) is 7.97. The maximum atomic E-state index is 12.0. The van der Waals surface area contributed by atoms with Crippen LogP contribution in [0.3, 0.4) is 0 Å². The summed E-state index contributed by atoms with van der Waals surface area (Å²) in [6, 6.07) is 9.50. The minimum absolute atomic E-state index is 0.00786. The molecular formula is C17H20BrNO3. The molecule has 0 saturated heterocycles. The molecule has 1 amide bonds. The van der Waals surface area contributed by atoms with Crippen LogP contribution in [-0.2, 0) is 11.2 Å². The summed E-state index contributed by atoms with van der Waals surface area (Å²) in [5.41, 5.74) is 1.09. The molecule has 2 rings (SSSR count). The number of ether oxygens (including phenoxy) is 1. The van der Waals surface area contributed by atoms with Crippen LogP contribution in [0.25, 0.3) is 0 Å². The Balaban J connectivity index is 1.86. The van der Waals surface area contributed by atoms with E-state index >= 15 is 0 Å². The molecule has 0 saturated carbocycles. The lowest BCUT2D eigenvalue weighted by Crippen LogP contribution is -2.26. The van der Waals surface area contributed by atoms with Gasteiger partial charge in [0.2, 0.25) is 5.91 Å². The van der Waals surface area contributed by atoms with Crippen LogP contribution in [0, 0.1) is 6.92 Å². The summed E-state index contributed by atoms with van der Waals surface area (Å²) in [6.07, 6.45) is 1.11. The summed E-state index contributed by atoms with van der Waals surface area (Å²) in [4.78, 5) is 12.0. The topological polar surface area (TPSA) is 51.5 Å². The number of methoxy groups -OCH3 is 1. The summed E-state index contributed by atoms with van der Waals surface area (Å²) in [6.45, 7) is 3.81. The van der Waals surface area contributed by atoms with Gasteiger partial charge in [-0.15, -0.1) is 0 Å². The van der Waals surface area contributed by atoms with Gasteiger partial charge in [-0.3, -0.25) is 4.79 Å². The van der Waals surface area contributed by atoms with Crippen LogP contribution >= 0.6 is 15.9 Å². The Morgan fingerprint density at radius 3 is 2.73 bits per heavy atom. The molecule has 0 fully saturated rings. The van der Waals surface area contributed by atoms with Crippen molar-refractivity contribution in [1.29, 1.82) is 0 Å². The number of furan rings is 1. The van der Waals surface area contributed by atoms with E-state index in [-0.39, 0.29) is 11.9 Å². The molecule has 118 valence electrons. The Bertz CT molecular complexity index is 651.